The number of hydrogen-bond acceptors (Lipinski definition) is 2. The van der Waals surface area contributed by atoms with Crippen molar-refractivity contribution in [2.24, 2.45) is 0 Å². The topological polar surface area (TPSA) is 74.6 Å². The van der Waals surface area contributed by atoms with Crippen LogP contribution in [0.2, 0.25) is 0 Å². The molecular weight excluding hydrogens is 181 g/mol. The molecule has 0 saturated heterocycles. The van der Waals surface area contributed by atoms with Crippen LogP contribution >= 0.6 is 0 Å². The zero-order valence-electron chi connectivity index (χ0n) is 2.34. The maximum absolute atomic E-state index is 8.42. The van der Waals surface area contributed by atoms with Gasteiger partial charge in [-0.1, -0.05) is 0 Å². The third-order valence-electron chi connectivity index (χ3n) is 0. The second-order valence-corrected chi connectivity index (χ2v) is 0.476. The van der Waals surface area contributed by atoms with Gasteiger partial charge in [-0.15, -0.1) is 0 Å². The van der Waals surface area contributed by atoms with Crippen molar-refractivity contribution in [3.05, 3.63) is 0 Å². The fourth-order valence-electron chi connectivity index (χ4n) is 0. The summed E-state index contributed by atoms with van der Waals surface area (Å²) in [6.07, 6.45) is 0. The van der Waals surface area contributed by atoms with Crippen molar-refractivity contribution in [1.29, 1.82) is 0 Å². The van der Waals surface area contributed by atoms with Gasteiger partial charge in [0.1, 0.15) is 0 Å². The quantitative estimate of drug-likeness (QED) is 0.455. The Morgan fingerprint density at radius 1 is 1.00 bits per heavy atom. The van der Waals surface area contributed by atoms with Crippen LogP contribution in [0.5, 0.6) is 0 Å². The molecule has 0 rings (SSSR count). The zero-order valence-corrected chi connectivity index (χ0v) is 4.32. The molecule has 0 aromatic rings. The van der Waals surface area contributed by atoms with Crippen molar-refractivity contribution in [2.75, 3.05) is 0 Å². The molecule has 46 valence electrons. The van der Waals surface area contributed by atoms with E-state index < -0.39 is 29.4 Å². The summed E-state index contributed by atoms with van der Waals surface area (Å²) in [5.74, 6) is 0. The third-order valence-corrected chi connectivity index (χ3v) is 0. The molecule has 0 atom stereocenters. The Morgan fingerprint density at radius 2 is 1.00 bits per heavy atom. The first-order valence-corrected chi connectivity index (χ1v) is 2.23. The average molecular weight is 183 g/mol. The van der Waals surface area contributed by atoms with Crippen LogP contribution in [-0.4, -0.2) is 8.50 Å². The molecule has 0 unspecified atom stereocenters. The summed E-state index contributed by atoms with van der Waals surface area (Å²) in [6.45, 7) is 0. The predicted octanol–water partition coefficient (Wildman–Crippen LogP) is -1.36. The molecule has 0 fully saturated rings. The van der Waals surface area contributed by atoms with E-state index in [-0.39, 0.29) is 0 Å². The molecule has 0 aliphatic heterocycles. The van der Waals surface area contributed by atoms with Crippen molar-refractivity contribution < 1.29 is 45.7 Å². The van der Waals surface area contributed by atoms with Gasteiger partial charge in [0.15, 0.2) is 0 Å². The van der Waals surface area contributed by atoms with Gasteiger partial charge in [-0.3, -0.25) is 0 Å². The van der Waals surface area contributed by atoms with Crippen LogP contribution in [0.4, 0.5) is 0 Å². The number of rotatable bonds is 0. The van der Waals surface area contributed by atoms with Crippen molar-refractivity contribution >= 4 is 0 Å². The Kier molecular flexibility index (Phi) is 28.8. The van der Waals surface area contributed by atoms with Crippen LogP contribution in [0.25, 0.3) is 0 Å². The van der Waals surface area contributed by atoms with Gasteiger partial charge in [0, 0.05) is 0 Å². The van der Waals surface area contributed by atoms with Crippen LogP contribution in [0.1, 0.15) is 0 Å². The normalized spacial score (nSPS) is 7.00. The molecule has 0 bridgehead atoms. The van der Waals surface area contributed by atoms with Gasteiger partial charge in [0.05, 0.1) is 0 Å². The fraction of sp³-hybridized carbons (Fsp3) is 0. The Bertz CT molecular complexity index is 26.5. The molecule has 0 amide bonds. The Labute approximate surface area is 46.2 Å². The predicted molar refractivity (Wildman–Crippen MR) is 5.81 cm³/mol. The fourth-order valence-corrected chi connectivity index (χ4v) is 0. The monoisotopic (exact) mass is 182 g/mol. The molecule has 2 N–H and O–H groups in total. The average Bonchev–Trinajstić information content (AvgIpc) is 1.39. The molecule has 4 nitrogen and oxygen atoms in total. The SMILES string of the molecule is [O]=[Ni][OH].[O]=[Ni][OH]. The molecule has 0 aliphatic rings. The van der Waals surface area contributed by atoms with E-state index in [1.807, 2.05) is 0 Å². The van der Waals surface area contributed by atoms with E-state index in [4.69, 9.17) is 16.3 Å². The summed E-state index contributed by atoms with van der Waals surface area (Å²) >= 11 is -1.25. The molecule has 6 heavy (non-hydrogen) atoms. The molecule has 0 aromatic heterocycles. The van der Waals surface area contributed by atoms with Crippen molar-refractivity contribution in [1.82, 2.24) is 0 Å². The Balaban J connectivity index is 0. The molecule has 0 radical (unpaired) electrons. The maximum atomic E-state index is 8.42. The first kappa shape index (κ1) is 9.71. The summed E-state index contributed by atoms with van der Waals surface area (Å²) in [5.41, 5.74) is 0. The summed E-state index contributed by atoms with van der Waals surface area (Å²) in [4.78, 5) is 0. The van der Waals surface area contributed by atoms with Crippen LogP contribution in [0.3, 0.4) is 0 Å². The van der Waals surface area contributed by atoms with E-state index in [0.29, 0.717) is 0 Å². The molecule has 0 saturated carbocycles. The molecule has 6 heteroatoms. The molecule has 0 heterocycles. The molecule has 0 aliphatic carbocycles. The van der Waals surface area contributed by atoms with Gasteiger partial charge < -0.3 is 0 Å². The van der Waals surface area contributed by atoms with Gasteiger partial charge in [0.2, 0.25) is 0 Å². The summed E-state index contributed by atoms with van der Waals surface area (Å²) < 4.78 is 30.8. The third kappa shape index (κ3) is 216. The number of hydrogen-bond donors (Lipinski definition) is 2. The van der Waals surface area contributed by atoms with Gasteiger partial charge in [-0.25, -0.2) is 0 Å². The van der Waals surface area contributed by atoms with Gasteiger partial charge in [-0.05, 0) is 0 Å². The zero-order chi connectivity index (χ0) is 5.41. The van der Waals surface area contributed by atoms with E-state index in [1.165, 1.54) is 0 Å². The standard InChI is InChI=1S/2Ni.2H2O.2O/h;;2*1H2;;/q2*+1;;;;/p-2. The van der Waals surface area contributed by atoms with Crippen molar-refractivity contribution in [3.8, 4) is 0 Å². The van der Waals surface area contributed by atoms with E-state index >= 15 is 0 Å². The van der Waals surface area contributed by atoms with E-state index in [9.17, 15) is 0 Å². The summed E-state index contributed by atoms with van der Waals surface area (Å²) in [7, 11) is 0. The van der Waals surface area contributed by atoms with Gasteiger partial charge in [-0.2, -0.15) is 0 Å². The van der Waals surface area contributed by atoms with E-state index in [0.717, 1.165) is 0 Å². The van der Waals surface area contributed by atoms with E-state index in [1.54, 1.807) is 0 Å². The summed E-state index contributed by atoms with van der Waals surface area (Å²) in [6, 6.07) is 0. The molecule has 0 aromatic carbocycles. The minimum atomic E-state index is -0.625. The molecular formula is H2Ni2O4. The van der Waals surface area contributed by atoms with Crippen LogP contribution < -0.4 is 0 Å². The minimum absolute atomic E-state index is 0.625. The second-order valence-electron chi connectivity index (χ2n) is 0.115. The molecule has 0 spiro atoms. The van der Waals surface area contributed by atoms with Gasteiger partial charge >= 0.3 is 45.7 Å². The van der Waals surface area contributed by atoms with Crippen LogP contribution in [0.15, 0.2) is 0 Å². The Morgan fingerprint density at radius 3 is 1.00 bits per heavy atom. The summed E-state index contributed by atoms with van der Waals surface area (Å²) in [5, 5.41) is 0. The van der Waals surface area contributed by atoms with Gasteiger partial charge in [0.25, 0.3) is 0 Å². The second kappa shape index (κ2) is 17.8. The first-order chi connectivity index (χ1) is 2.83. The van der Waals surface area contributed by atoms with Crippen molar-refractivity contribution in [2.45, 2.75) is 0 Å². The Hall–Kier alpha value is 0.507. The first-order valence-electron chi connectivity index (χ1n) is 0.541. The van der Waals surface area contributed by atoms with E-state index in [2.05, 4.69) is 0 Å². The van der Waals surface area contributed by atoms with Crippen LogP contribution in [-0.2, 0) is 37.2 Å². The van der Waals surface area contributed by atoms with Crippen LogP contribution in [0, 0.1) is 0 Å². The van der Waals surface area contributed by atoms with Crippen molar-refractivity contribution in [3.63, 3.8) is 0 Å².